The number of carbonyl (C=O) groups excluding carboxylic acids is 1. The predicted molar refractivity (Wildman–Crippen MR) is 98.0 cm³/mol. The molecule has 0 aliphatic carbocycles. The van der Waals surface area contributed by atoms with Crippen LogP contribution in [-0.2, 0) is 11.2 Å². The molecule has 3 rings (SSSR count). The number of amides is 1. The molecule has 25 heavy (non-hydrogen) atoms. The lowest BCUT2D eigenvalue weighted by Gasteiger charge is -2.10. The van der Waals surface area contributed by atoms with Crippen LogP contribution in [0.25, 0.3) is 11.0 Å². The van der Waals surface area contributed by atoms with Crippen molar-refractivity contribution in [3.8, 4) is 5.75 Å². The molecular weight excluding hydrogens is 316 g/mol. The van der Waals surface area contributed by atoms with Gasteiger partial charge in [0.05, 0.1) is 12.5 Å². The smallest absolute Gasteiger partial charge is 0.230 e. The van der Waals surface area contributed by atoms with Gasteiger partial charge in [0.1, 0.15) is 11.4 Å². The number of aryl methyl sites for hydroxylation is 2. The van der Waals surface area contributed by atoms with Gasteiger partial charge in [0.2, 0.25) is 5.91 Å². The van der Waals surface area contributed by atoms with E-state index in [-0.39, 0.29) is 18.4 Å². The van der Waals surface area contributed by atoms with Gasteiger partial charge in [-0.3, -0.25) is 4.79 Å². The molecule has 0 aliphatic rings. The van der Waals surface area contributed by atoms with E-state index in [1.54, 1.807) is 0 Å². The summed E-state index contributed by atoms with van der Waals surface area (Å²) in [5.74, 6) is 0.646. The SMILES string of the molecule is Cc1cc2onc(CC(=O)Nc3ccc(OC(C)C)cc3)c2cc1C. The molecule has 0 radical (unpaired) electrons. The third-order valence-electron chi connectivity index (χ3n) is 4.00. The molecule has 1 amide bonds. The maximum Gasteiger partial charge on any atom is 0.230 e. The largest absolute Gasteiger partial charge is 0.491 e. The first kappa shape index (κ1) is 17.0. The Bertz CT molecular complexity index is 895. The molecule has 5 heteroatoms. The molecule has 1 aromatic heterocycles. The second-order valence-electron chi connectivity index (χ2n) is 6.48. The summed E-state index contributed by atoms with van der Waals surface area (Å²) in [7, 11) is 0. The molecule has 130 valence electrons. The molecule has 2 aromatic carbocycles. The average Bonchev–Trinajstić information content (AvgIpc) is 2.91. The molecule has 0 unspecified atom stereocenters. The molecule has 0 saturated heterocycles. The number of fused-ring (bicyclic) bond motifs is 1. The molecule has 0 saturated carbocycles. The van der Waals surface area contributed by atoms with Gasteiger partial charge in [0, 0.05) is 11.1 Å². The van der Waals surface area contributed by atoms with Crippen molar-refractivity contribution in [3.05, 3.63) is 53.2 Å². The second kappa shape index (κ2) is 6.97. The topological polar surface area (TPSA) is 64.4 Å². The molecule has 1 N–H and O–H groups in total. The van der Waals surface area contributed by atoms with Crippen molar-refractivity contribution in [2.75, 3.05) is 5.32 Å². The first-order chi connectivity index (χ1) is 11.9. The van der Waals surface area contributed by atoms with E-state index in [9.17, 15) is 4.79 Å². The van der Waals surface area contributed by atoms with Crippen LogP contribution in [0.5, 0.6) is 5.75 Å². The Hall–Kier alpha value is -2.82. The lowest BCUT2D eigenvalue weighted by molar-refractivity contribution is -0.115. The van der Waals surface area contributed by atoms with Gasteiger partial charge in [0.25, 0.3) is 0 Å². The molecule has 0 bridgehead atoms. The number of aromatic nitrogens is 1. The standard InChI is InChI=1S/C20H22N2O3/c1-12(2)24-16-7-5-15(6-8-16)21-20(23)11-18-17-9-13(3)14(4)10-19(17)25-22-18/h5-10,12H,11H2,1-4H3,(H,21,23). The number of hydrogen-bond acceptors (Lipinski definition) is 4. The van der Waals surface area contributed by atoms with Crippen LogP contribution in [0.15, 0.2) is 40.9 Å². The van der Waals surface area contributed by atoms with Gasteiger partial charge in [-0.1, -0.05) is 5.16 Å². The normalized spacial score (nSPS) is 11.1. The third kappa shape index (κ3) is 3.99. The molecule has 1 heterocycles. The number of rotatable bonds is 5. The van der Waals surface area contributed by atoms with E-state index in [0.717, 1.165) is 28.0 Å². The lowest BCUT2D eigenvalue weighted by atomic mass is 10.1. The van der Waals surface area contributed by atoms with E-state index in [2.05, 4.69) is 10.5 Å². The highest BCUT2D eigenvalue weighted by Gasteiger charge is 2.14. The van der Waals surface area contributed by atoms with E-state index in [4.69, 9.17) is 9.26 Å². The van der Waals surface area contributed by atoms with Gasteiger partial charge >= 0.3 is 0 Å². The monoisotopic (exact) mass is 338 g/mol. The summed E-state index contributed by atoms with van der Waals surface area (Å²) in [6, 6.07) is 11.3. The zero-order valence-corrected chi connectivity index (χ0v) is 14.9. The summed E-state index contributed by atoms with van der Waals surface area (Å²) in [6.45, 7) is 8.00. The van der Waals surface area contributed by atoms with Crippen LogP contribution in [0, 0.1) is 13.8 Å². The maximum absolute atomic E-state index is 12.3. The fourth-order valence-electron chi connectivity index (χ4n) is 2.62. The Morgan fingerprint density at radius 3 is 2.52 bits per heavy atom. The zero-order chi connectivity index (χ0) is 18.0. The first-order valence-electron chi connectivity index (χ1n) is 8.34. The number of anilines is 1. The number of nitrogens with zero attached hydrogens (tertiary/aromatic N) is 1. The van der Waals surface area contributed by atoms with E-state index < -0.39 is 0 Å². The quantitative estimate of drug-likeness (QED) is 0.748. The first-order valence-corrected chi connectivity index (χ1v) is 8.34. The summed E-state index contributed by atoms with van der Waals surface area (Å²) in [5.41, 5.74) is 4.37. The van der Waals surface area contributed by atoms with Crippen molar-refractivity contribution >= 4 is 22.6 Å². The summed E-state index contributed by atoms with van der Waals surface area (Å²) < 4.78 is 10.9. The average molecular weight is 338 g/mol. The van der Waals surface area contributed by atoms with Crippen molar-refractivity contribution in [2.24, 2.45) is 0 Å². The van der Waals surface area contributed by atoms with E-state index >= 15 is 0 Å². The summed E-state index contributed by atoms with van der Waals surface area (Å²) in [6.07, 6.45) is 0.285. The highest BCUT2D eigenvalue weighted by Crippen LogP contribution is 2.23. The molecule has 0 aliphatic heterocycles. The predicted octanol–water partition coefficient (Wildman–Crippen LogP) is 4.41. The number of benzene rings is 2. The van der Waals surface area contributed by atoms with Crippen molar-refractivity contribution in [2.45, 2.75) is 40.2 Å². The Morgan fingerprint density at radius 1 is 1.16 bits per heavy atom. The third-order valence-corrected chi connectivity index (χ3v) is 4.00. The van der Waals surface area contributed by atoms with Crippen molar-refractivity contribution in [3.63, 3.8) is 0 Å². The van der Waals surface area contributed by atoms with Crippen molar-refractivity contribution in [1.82, 2.24) is 5.16 Å². The van der Waals surface area contributed by atoms with Gasteiger partial charge in [-0.25, -0.2) is 0 Å². The number of ether oxygens (including phenoxy) is 1. The van der Waals surface area contributed by atoms with Crippen molar-refractivity contribution < 1.29 is 14.1 Å². The van der Waals surface area contributed by atoms with Crippen LogP contribution in [0.3, 0.4) is 0 Å². The zero-order valence-electron chi connectivity index (χ0n) is 14.9. The highest BCUT2D eigenvalue weighted by molar-refractivity contribution is 5.94. The van der Waals surface area contributed by atoms with Crippen molar-refractivity contribution in [1.29, 1.82) is 0 Å². The summed E-state index contributed by atoms with van der Waals surface area (Å²) in [5, 5.41) is 7.81. The number of hydrogen-bond donors (Lipinski definition) is 1. The number of carbonyl (C=O) groups is 1. The van der Waals surface area contributed by atoms with E-state index in [0.29, 0.717) is 11.3 Å². The van der Waals surface area contributed by atoms with Gasteiger partial charge in [0.15, 0.2) is 5.58 Å². The minimum atomic E-state index is -0.133. The van der Waals surface area contributed by atoms with Gasteiger partial charge < -0.3 is 14.6 Å². The van der Waals surface area contributed by atoms with Crippen LogP contribution >= 0.6 is 0 Å². The fraction of sp³-hybridized carbons (Fsp3) is 0.300. The van der Waals surface area contributed by atoms with Crippen LogP contribution in [0.1, 0.15) is 30.7 Å². The van der Waals surface area contributed by atoms with Crippen LogP contribution < -0.4 is 10.1 Å². The van der Waals surface area contributed by atoms with Crippen LogP contribution in [0.4, 0.5) is 5.69 Å². The Balaban J connectivity index is 1.69. The molecule has 0 atom stereocenters. The summed E-state index contributed by atoms with van der Waals surface area (Å²) >= 11 is 0. The number of nitrogens with one attached hydrogen (secondary N) is 1. The molecule has 0 spiro atoms. The minimum absolute atomic E-state index is 0.119. The van der Waals surface area contributed by atoms with E-state index in [1.165, 1.54) is 0 Å². The Kier molecular flexibility index (Phi) is 4.74. The summed E-state index contributed by atoms with van der Waals surface area (Å²) in [4.78, 5) is 12.3. The lowest BCUT2D eigenvalue weighted by Crippen LogP contribution is -2.14. The minimum Gasteiger partial charge on any atom is -0.491 e. The highest BCUT2D eigenvalue weighted by atomic mass is 16.5. The fourth-order valence-corrected chi connectivity index (χ4v) is 2.62. The maximum atomic E-state index is 12.3. The van der Waals surface area contributed by atoms with E-state index in [1.807, 2.05) is 64.1 Å². The van der Waals surface area contributed by atoms with Gasteiger partial charge in [-0.2, -0.15) is 0 Å². The van der Waals surface area contributed by atoms with Gasteiger partial charge in [-0.05, 0) is 75.2 Å². The Labute approximate surface area is 147 Å². The molecular formula is C20H22N2O3. The van der Waals surface area contributed by atoms with Crippen LogP contribution in [-0.4, -0.2) is 17.2 Å². The molecule has 0 fully saturated rings. The van der Waals surface area contributed by atoms with Gasteiger partial charge in [-0.15, -0.1) is 0 Å². The molecule has 5 nitrogen and oxygen atoms in total. The molecule has 3 aromatic rings. The Morgan fingerprint density at radius 2 is 1.84 bits per heavy atom. The second-order valence-corrected chi connectivity index (χ2v) is 6.48. The van der Waals surface area contributed by atoms with Crippen LogP contribution in [0.2, 0.25) is 0 Å².